The van der Waals surface area contributed by atoms with Crippen LogP contribution in [0.1, 0.15) is 18.4 Å². The van der Waals surface area contributed by atoms with Gasteiger partial charge < -0.3 is 4.42 Å². The third-order valence-corrected chi connectivity index (χ3v) is 4.71. The molecule has 2 aromatic heterocycles. The van der Waals surface area contributed by atoms with Crippen LogP contribution < -0.4 is 0 Å². The smallest absolute Gasteiger partial charge is 0.246 e. The number of sulfonamides is 1. The van der Waals surface area contributed by atoms with Crippen LogP contribution in [0.5, 0.6) is 0 Å². The second kappa shape index (κ2) is 5.86. The zero-order valence-corrected chi connectivity index (χ0v) is 11.7. The lowest BCUT2D eigenvalue weighted by Gasteiger charge is -2.19. The number of hydrogen-bond acceptors (Lipinski definition) is 5. The fourth-order valence-corrected chi connectivity index (χ4v) is 3.27. The highest BCUT2D eigenvalue weighted by Gasteiger charge is 2.27. The largest absolute Gasteiger partial charge is 0.468 e. The van der Waals surface area contributed by atoms with Gasteiger partial charge in [-0.15, -0.1) is 0 Å². The molecular formula is C13H13N3O3S. The predicted octanol–water partition coefficient (Wildman–Crippen LogP) is 1.76. The molecule has 0 aliphatic heterocycles. The molecule has 2 aromatic rings. The topological polar surface area (TPSA) is 87.2 Å². The highest BCUT2D eigenvalue weighted by molar-refractivity contribution is 7.89. The molecule has 7 heteroatoms. The Labute approximate surface area is 117 Å². The van der Waals surface area contributed by atoms with Crippen LogP contribution in [0.2, 0.25) is 0 Å². The van der Waals surface area contributed by atoms with Crippen molar-refractivity contribution >= 4 is 10.0 Å². The molecule has 0 aliphatic carbocycles. The second-order valence-electron chi connectivity index (χ2n) is 3.97. The molecule has 0 saturated heterocycles. The van der Waals surface area contributed by atoms with Crippen molar-refractivity contribution in [2.24, 2.45) is 0 Å². The molecule has 0 saturated carbocycles. The van der Waals surface area contributed by atoms with Gasteiger partial charge in [-0.3, -0.25) is 0 Å². The average molecular weight is 291 g/mol. The van der Waals surface area contributed by atoms with Gasteiger partial charge in [-0.05, 0) is 24.3 Å². The van der Waals surface area contributed by atoms with Crippen LogP contribution in [-0.2, 0) is 16.6 Å². The van der Waals surface area contributed by atoms with E-state index in [0.29, 0.717) is 5.76 Å². The number of aromatic nitrogens is 1. The zero-order valence-electron chi connectivity index (χ0n) is 10.9. The van der Waals surface area contributed by atoms with Crippen LogP contribution in [0.25, 0.3) is 0 Å². The summed E-state index contributed by atoms with van der Waals surface area (Å²) in [5, 5.41) is 8.98. The predicted molar refractivity (Wildman–Crippen MR) is 70.9 cm³/mol. The standard InChI is InChI=1S/C13H13N3O3S/c1-2-16(10-11-5-4-8-19-11)20(17,18)13-6-3-7-15-12(13)9-14/h3-8H,2,10H2,1H3. The Kier molecular flexibility index (Phi) is 4.17. The van der Waals surface area contributed by atoms with E-state index in [2.05, 4.69) is 4.98 Å². The van der Waals surface area contributed by atoms with Crippen molar-refractivity contribution < 1.29 is 12.8 Å². The normalized spacial score (nSPS) is 11.4. The molecule has 0 N–H and O–H groups in total. The maximum absolute atomic E-state index is 12.6. The van der Waals surface area contributed by atoms with Gasteiger partial charge in [-0.1, -0.05) is 6.92 Å². The summed E-state index contributed by atoms with van der Waals surface area (Å²) in [6.07, 6.45) is 2.88. The minimum Gasteiger partial charge on any atom is -0.468 e. The maximum atomic E-state index is 12.6. The second-order valence-corrected chi connectivity index (χ2v) is 5.88. The highest BCUT2D eigenvalue weighted by atomic mass is 32.2. The minimum absolute atomic E-state index is 0.0871. The molecule has 2 heterocycles. The van der Waals surface area contributed by atoms with Crippen LogP contribution in [0, 0.1) is 11.3 Å². The number of rotatable bonds is 5. The number of hydrogen-bond donors (Lipinski definition) is 0. The van der Waals surface area contributed by atoms with E-state index in [-0.39, 0.29) is 23.7 Å². The molecule has 0 fully saturated rings. The Balaban J connectivity index is 2.39. The summed E-state index contributed by atoms with van der Waals surface area (Å²) in [6.45, 7) is 2.11. The van der Waals surface area contributed by atoms with E-state index in [9.17, 15) is 8.42 Å². The van der Waals surface area contributed by atoms with Gasteiger partial charge in [0.1, 0.15) is 16.7 Å². The van der Waals surface area contributed by atoms with Gasteiger partial charge in [0.25, 0.3) is 0 Å². The SMILES string of the molecule is CCN(Cc1ccco1)S(=O)(=O)c1cccnc1C#N. The molecule has 104 valence electrons. The van der Waals surface area contributed by atoms with E-state index >= 15 is 0 Å². The Bertz CT molecular complexity index is 718. The van der Waals surface area contributed by atoms with Crippen molar-refractivity contribution in [3.8, 4) is 6.07 Å². The summed E-state index contributed by atoms with van der Waals surface area (Å²) in [7, 11) is -3.78. The maximum Gasteiger partial charge on any atom is 0.246 e. The van der Waals surface area contributed by atoms with Crippen molar-refractivity contribution in [3.63, 3.8) is 0 Å². The Morgan fingerprint density at radius 1 is 1.40 bits per heavy atom. The molecule has 0 aromatic carbocycles. The molecule has 6 nitrogen and oxygen atoms in total. The molecule has 0 bridgehead atoms. The van der Waals surface area contributed by atoms with Gasteiger partial charge in [0.05, 0.1) is 12.8 Å². The lowest BCUT2D eigenvalue weighted by molar-refractivity contribution is 0.375. The fraction of sp³-hybridized carbons (Fsp3) is 0.231. The third-order valence-electron chi connectivity index (χ3n) is 2.76. The van der Waals surface area contributed by atoms with E-state index in [0.717, 1.165) is 0 Å². The summed E-state index contributed by atoms with van der Waals surface area (Å²) >= 11 is 0. The Hall–Kier alpha value is -2.17. The average Bonchev–Trinajstić information content (AvgIpc) is 2.97. The van der Waals surface area contributed by atoms with Crippen molar-refractivity contribution in [2.45, 2.75) is 18.4 Å². The molecule has 0 aliphatic rings. The van der Waals surface area contributed by atoms with Crippen LogP contribution in [0.3, 0.4) is 0 Å². The highest BCUT2D eigenvalue weighted by Crippen LogP contribution is 2.20. The van der Waals surface area contributed by atoms with Crippen LogP contribution in [-0.4, -0.2) is 24.3 Å². The van der Waals surface area contributed by atoms with Crippen LogP contribution >= 0.6 is 0 Å². The third kappa shape index (κ3) is 2.71. The van der Waals surface area contributed by atoms with E-state index in [1.165, 1.54) is 28.9 Å². The number of pyridine rings is 1. The zero-order chi connectivity index (χ0) is 14.6. The molecule has 0 amide bonds. The van der Waals surface area contributed by atoms with Gasteiger partial charge in [-0.2, -0.15) is 9.57 Å². The minimum atomic E-state index is -3.78. The van der Waals surface area contributed by atoms with E-state index in [1.807, 2.05) is 0 Å². The quantitative estimate of drug-likeness (QED) is 0.837. The van der Waals surface area contributed by atoms with E-state index in [4.69, 9.17) is 9.68 Å². The van der Waals surface area contributed by atoms with Gasteiger partial charge in [0.15, 0.2) is 5.69 Å². The van der Waals surface area contributed by atoms with Gasteiger partial charge in [-0.25, -0.2) is 13.4 Å². The monoisotopic (exact) mass is 291 g/mol. The van der Waals surface area contributed by atoms with E-state index in [1.54, 1.807) is 25.1 Å². The Morgan fingerprint density at radius 3 is 2.80 bits per heavy atom. The first kappa shape index (κ1) is 14.2. The molecule has 0 spiro atoms. The number of nitriles is 1. The lowest BCUT2D eigenvalue weighted by Crippen LogP contribution is -2.31. The first-order valence-corrected chi connectivity index (χ1v) is 7.41. The van der Waals surface area contributed by atoms with E-state index < -0.39 is 10.0 Å². The van der Waals surface area contributed by atoms with Crippen LogP contribution in [0.4, 0.5) is 0 Å². The van der Waals surface area contributed by atoms with Crippen molar-refractivity contribution in [1.82, 2.24) is 9.29 Å². The molecule has 0 atom stereocenters. The molecule has 2 rings (SSSR count). The summed E-state index contributed by atoms with van der Waals surface area (Å²) in [6, 6.07) is 8.07. The molecule has 20 heavy (non-hydrogen) atoms. The first-order chi connectivity index (χ1) is 9.59. The summed E-state index contributed by atoms with van der Waals surface area (Å²) in [4.78, 5) is 3.70. The van der Waals surface area contributed by atoms with Crippen molar-refractivity contribution in [1.29, 1.82) is 5.26 Å². The summed E-state index contributed by atoms with van der Waals surface area (Å²) in [5.74, 6) is 0.540. The lowest BCUT2D eigenvalue weighted by atomic mass is 10.4. The summed E-state index contributed by atoms with van der Waals surface area (Å²) in [5.41, 5.74) is -0.106. The molecule has 0 unspecified atom stereocenters. The van der Waals surface area contributed by atoms with Crippen LogP contribution in [0.15, 0.2) is 46.0 Å². The number of furan rings is 1. The van der Waals surface area contributed by atoms with Crippen molar-refractivity contribution in [2.75, 3.05) is 6.54 Å². The summed E-state index contributed by atoms with van der Waals surface area (Å²) < 4.78 is 31.5. The fourth-order valence-electron chi connectivity index (χ4n) is 1.76. The van der Waals surface area contributed by atoms with Gasteiger partial charge >= 0.3 is 0 Å². The molecule has 0 radical (unpaired) electrons. The van der Waals surface area contributed by atoms with Gasteiger partial charge in [0.2, 0.25) is 10.0 Å². The van der Waals surface area contributed by atoms with Gasteiger partial charge in [0, 0.05) is 12.7 Å². The number of nitrogens with zero attached hydrogens (tertiary/aromatic N) is 3. The molecular weight excluding hydrogens is 278 g/mol. The van der Waals surface area contributed by atoms with Crippen molar-refractivity contribution in [3.05, 3.63) is 48.2 Å². The Morgan fingerprint density at radius 2 is 2.20 bits per heavy atom. The first-order valence-electron chi connectivity index (χ1n) is 5.97.